The Morgan fingerprint density at radius 2 is 2.00 bits per heavy atom. The third kappa shape index (κ3) is 3.22. The fourth-order valence-electron chi connectivity index (χ4n) is 1.98. The highest BCUT2D eigenvalue weighted by molar-refractivity contribution is 5.96. The van der Waals surface area contributed by atoms with Gasteiger partial charge in [0, 0.05) is 18.3 Å². The van der Waals surface area contributed by atoms with E-state index in [1.54, 1.807) is 25.2 Å². The Labute approximate surface area is 121 Å². The molecule has 1 aromatic carbocycles. The summed E-state index contributed by atoms with van der Waals surface area (Å²) in [7, 11) is 1.58. The molecular weight excluding hydrogens is 272 g/mol. The molecule has 110 valence electrons. The van der Waals surface area contributed by atoms with Crippen LogP contribution in [0.4, 0.5) is 5.69 Å². The lowest BCUT2D eigenvalue weighted by atomic mass is 10.1. The van der Waals surface area contributed by atoms with Crippen LogP contribution in [0.5, 0.6) is 0 Å². The van der Waals surface area contributed by atoms with Gasteiger partial charge in [0.05, 0.1) is 6.54 Å². The van der Waals surface area contributed by atoms with Gasteiger partial charge in [0.1, 0.15) is 5.76 Å². The van der Waals surface area contributed by atoms with E-state index in [9.17, 15) is 9.59 Å². The zero-order chi connectivity index (χ0) is 15.4. The fourth-order valence-corrected chi connectivity index (χ4v) is 1.98. The number of carbonyl (C=O) groups excluding carboxylic acids is 1. The van der Waals surface area contributed by atoms with Gasteiger partial charge in [-0.05, 0) is 36.8 Å². The third-order valence-corrected chi connectivity index (χ3v) is 3.13. The summed E-state index contributed by atoms with van der Waals surface area (Å²) in [6.07, 6.45) is 0. The summed E-state index contributed by atoms with van der Waals surface area (Å²) in [4.78, 5) is 22.5. The molecule has 0 fully saturated rings. The molecule has 0 unspecified atom stereocenters. The van der Waals surface area contributed by atoms with E-state index < -0.39 is 5.97 Å². The van der Waals surface area contributed by atoms with Gasteiger partial charge in [-0.1, -0.05) is 6.07 Å². The van der Waals surface area contributed by atoms with Crippen molar-refractivity contribution in [3.8, 4) is 0 Å². The van der Waals surface area contributed by atoms with E-state index in [4.69, 9.17) is 9.52 Å². The van der Waals surface area contributed by atoms with Crippen LogP contribution in [0.15, 0.2) is 34.7 Å². The number of carbonyl (C=O) groups is 2. The smallest absolute Gasteiger partial charge is 0.371 e. The molecule has 0 spiro atoms. The highest BCUT2D eigenvalue weighted by Gasteiger charge is 2.11. The van der Waals surface area contributed by atoms with Gasteiger partial charge in [-0.25, -0.2) is 4.79 Å². The second-order valence-corrected chi connectivity index (χ2v) is 4.48. The topological polar surface area (TPSA) is 91.6 Å². The van der Waals surface area contributed by atoms with Gasteiger partial charge in [-0.3, -0.25) is 4.79 Å². The summed E-state index contributed by atoms with van der Waals surface area (Å²) in [6, 6.07) is 8.39. The highest BCUT2D eigenvalue weighted by Crippen LogP contribution is 2.20. The molecular formula is C15H16N2O4. The van der Waals surface area contributed by atoms with Crippen molar-refractivity contribution in [2.24, 2.45) is 0 Å². The lowest BCUT2D eigenvalue weighted by Gasteiger charge is -2.11. The molecule has 6 nitrogen and oxygen atoms in total. The molecule has 1 aromatic heterocycles. The Bertz CT molecular complexity index is 676. The zero-order valence-electron chi connectivity index (χ0n) is 11.8. The van der Waals surface area contributed by atoms with Crippen LogP contribution >= 0.6 is 0 Å². The van der Waals surface area contributed by atoms with Gasteiger partial charge < -0.3 is 20.2 Å². The zero-order valence-corrected chi connectivity index (χ0v) is 11.8. The summed E-state index contributed by atoms with van der Waals surface area (Å²) in [5.41, 5.74) is 2.21. The van der Waals surface area contributed by atoms with Gasteiger partial charge >= 0.3 is 5.97 Å². The van der Waals surface area contributed by atoms with Gasteiger partial charge in [0.25, 0.3) is 5.91 Å². The third-order valence-electron chi connectivity index (χ3n) is 3.13. The molecule has 0 aliphatic carbocycles. The largest absolute Gasteiger partial charge is 0.475 e. The highest BCUT2D eigenvalue weighted by atomic mass is 16.4. The second kappa shape index (κ2) is 6.13. The van der Waals surface area contributed by atoms with Crippen LogP contribution < -0.4 is 10.6 Å². The summed E-state index contributed by atoms with van der Waals surface area (Å²) >= 11 is 0. The number of amides is 1. The van der Waals surface area contributed by atoms with E-state index in [2.05, 4.69) is 10.6 Å². The van der Waals surface area contributed by atoms with Gasteiger partial charge in [-0.15, -0.1) is 0 Å². The molecule has 3 N–H and O–H groups in total. The number of hydrogen-bond acceptors (Lipinski definition) is 4. The van der Waals surface area contributed by atoms with E-state index in [0.29, 0.717) is 17.9 Å². The first-order valence-corrected chi connectivity index (χ1v) is 6.40. The maximum atomic E-state index is 11.7. The first-order chi connectivity index (χ1) is 10.0. The van der Waals surface area contributed by atoms with Crippen molar-refractivity contribution in [2.75, 3.05) is 12.4 Å². The van der Waals surface area contributed by atoms with Gasteiger partial charge in [-0.2, -0.15) is 0 Å². The van der Waals surface area contributed by atoms with Gasteiger partial charge in [0.2, 0.25) is 5.76 Å². The number of nitrogens with one attached hydrogen (secondary N) is 2. The van der Waals surface area contributed by atoms with Crippen molar-refractivity contribution in [2.45, 2.75) is 13.5 Å². The van der Waals surface area contributed by atoms with Gasteiger partial charge in [0.15, 0.2) is 0 Å². The van der Waals surface area contributed by atoms with Crippen LogP contribution in [0.2, 0.25) is 0 Å². The molecule has 0 saturated heterocycles. The first kappa shape index (κ1) is 14.6. The van der Waals surface area contributed by atoms with Crippen molar-refractivity contribution in [3.05, 3.63) is 53.0 Å². The van der Waals surface area contributed by atoms with Crippen LogP contribution in [0.3, 0.4) is 0 Å². The number of carboxylic acids is 1. The van der Waals surface area contributed by atoms with E-state index in [-0.39, 0.29) is 11.7 Å². The van der Waals surface area contributed by atoms with Crippen LogP contribution in [0.25, 0.3) is 0 Å². The Kier molecular flexibility index (Phi) is 4.27. The second-order valence-electron chi connectivity index (χ2n) is 4.48. The average Bonchev–Trinajstić information content (AvgIpc) is 2.94. The Balaban J connectivity index is 2.12. The molecule has 0 aliphatic heterocycles. The molecule has 2 aromatic rings. The number of hydrogen-bond donors (Lipinski definition) is 3. The first-order valence-electron chi connectivity index (χ1n) is 6.40. The number of rotatable bonds is 5. The lowest BCUT2D eigenvalue weighted by molar-refractivity contribution is 0.0660. The molecule has 0 radical (unpaired) electrons. The van der Waals surface area contributed by atoms with Crippen LogP contribution in [0, 0.1) is 6.92 Å². The Morgan fingerprint density at radius 1 is 1.24 bits per heavy atom. The minimum Gasteiger partial charge on any atom is -0.475 e. The Morgan fingerprint density at radius 3 is 2.62 bits per heavy atom. The number of carboxylic acid groups (broad SMARTS) is 1. The SMILES string of the molecule is CNC(=O)c1cccc(NCc2ccc(C(=O)O)o2)c1C. The predicted octanol–water partition coefficient (Wildman–Crippen LogP) is 2.26. The molecule has 1 amide bonds. The minimum absolute atomic E-state index is 0.0948. The monoisotopic (exact) mass is 288 g/mol. The number of benzene rings is 1. The minimum atomic E-state index is -1.10. The van der Waals surface area contributed by atoms with E-state index in [0.717, 1.165) is 11.3 Å². The quantitative estimate of drug-likeness (QED) is 0.785. The van der Waals surface area contributed by atoms with Crippen molar-refractivity contribution in [1.29, 1.82) is 0 Å². The maximum absolute atomic E-state index is 11.7. The average molecular weight is 288 g/mol. The predicted molar refractivity (Wildman–Crippen MR) is 77.6 cm³/mol. The van der Waals surface area contributed by atoms with Crippen molar-refractivity contribution in [1.82, 2.24) is 5.32 Å². The van der Waals surface area contributed by atoms with E-state index in [1.807, 2.05) is 13.0 Å². The molecule has 2 rings (SSSR count). The van der Waals surface area contributed by atoms with Crippen molar-refractivity contribution < 1.29 is 19.1 Å². The number of anilines is 1. The Hall–Kier alpha value is -2.76. The molecule has 1 heterocycles. The summed E-state index contributed by atoms with van der Waals surface area (Å²) in [6.45, 7) is 2.18. The lowest BCUT2D eigenvalue weighted by Crippen LogP contribution is -2.19. The molecule has 0 aliphatic rings. The summed E-state index contributed by atoms with van der Waals surface area (Å²) in [5.74, 6) is -0.832. The van der Waals surface area contributed by atoms with Crippen molar-refractivity contribution in [3.63, 3.8) is 0 Å². The van der Waals surface area contributed by atoms with Crippen LogP contribution in [-0.4, -0.2) is 24.0 Å². The van der Waals surface area contributed by atoms with E-state index in [1.165, 1.54) is 6.07 Å². The van der Waals surface area contributed by atoms with Crippen LogP contribution in [-0.2, 0) is 6.54 Å². The number of aromatic carboxylic acids is 1. The molecule has 0 saturated carbocycles. The standard InChI is InChI=1S/C15H16N2O4/c1-9-11(14(18)16-2)4-3-5-12(9)17-8-10-6-7-13(21-10)15(19)20/h3-7,17H,8H2,1-2H3,(H,16,18)(H,19,20). The van der Waals surface area contributed by atoms with Crippen LogP contribution in [0.1, 0.15) is 32.2 Å². The van der Waals surface area contributed by atoms with Crippen molar-refractivity contribution >= 4 is 17.6 Å². The molecule has 6 heteroatoms. The molecule has 0 atom stereocenters. The molecule has 0 bridgehead atoms. The summed E-state index contributed by atoms with van der Waals surface area (Å²) in [5, 5.41) is 14.5. The number of furan rings is 1. The normalized spacial score (nSPS) is 10.2. The fraction of sp³-hybridized carbons (Fsp3) is 0.200. The molecule has 21 heavy (non-hydrogen) atoms. The maximum Gasteiger partial charge on any atom is 0.371 e. The summed E-state index contributed by atoms with van der Waals surface area (Å²) < 4.78 is 5.16. The van der Waals surface area contributed by atoms with E-state index >= 15 is 0 Å².